The van der Waals surface area contributed by atoms with Gasteiger partial charge in [0.25, 0.3) is 0 Å². The van der Waals surface area contributed by atoms with Gasteiger partial charge in [-0.25, -0.2) is 0 Å². The highest BCUT2D eigenvalue weighted by atomic mass is 15.4. The summed E-state index contributed by atoms with van der Waals surface area (Å²) in [6.45, 7) is 5.66. The Morgan fingerprint density at radius 1 is 1.64 bits per heavy atom. The minimum atomic E-state index is 0.361. The first-order chi connectivity index (χ1) is 6.74. The first-order valence-electron chi connectivity index (χ1n) is 4.93. The predicted molar refractivity (Wildman–Crippen MR) is 54.4 cm³/mol. The molecule has 0 aromatic rings. The van der Waals surface area contributed by atoms with Crippen molar-refractivity contribution in [2.45, 2.75) is 24.9 Å². The zero-order valence-corrected chi connectivity index (χ0v) is 8.43. The molecule has 0 aromatic heterocycles. The number of hydrogen-bond donors (Lipinski definition) is 0. The van der Waals surface area contributed by atoms with Gasteiger partial charge >= 0.3 is 0 Å². The van der Waals surface area contributed by atoms with Crippen molar-refractivity contribution < 1.29 is 0 Å². The van der Waals surface area contributed by atoms with E-state index < -0.39 is 0 Å². The maximum atomic E-state index is 8.29. The van der Waals surface area contributed by atoms with Gasteiger partial charge in [0, 0.05) is 37.1 Å². The number of fused-ring (bicyclic) bond motifs is 2. The second kappa shape index (κ2) is 3.42. The Hall–Kier alpha value is -1.35. The van der Waals surface area contributed by atoms with Crippen molar-refractivity contribution in [2.75, 3.05) is 20.1 Å². The number of nitrogens with zero attached hydrogens (tertiary/aromatic N) is 5. The molecule has 14 heavy (non-hydrogen) atoms. The van der Waals surface area contributed by atoms with Gasteiger partial charge in [0.1, 0.15) is 0 Å². The number of rotatable bonds is 2. The minimum Gasteiger partial charge on any atom is -0.357 e. The third-order valence-corrected chi connectivity index (χ3v) is 3.32. The Bertz CT molecular complexity index is 294. The molecule has 2 rings (SSSR count). The zero-order chi connectivity index (χ0) is 10.1. The third kappa shape index (κ3) is 1.30. The van der Waals surface area contributed by atoms with E-state index in [-0.39, 0.29) is 0 Å². The van der Waals surface area contributed by atoms with E-state index in [4.69, 9.17) is 5.53 Å². The number of hydrogen-bond acceptors (Lipinski definition) is 3. The molecule has 2 fully saturated rings. The van der Waals surface area contributed by atoms with E-state index in [1.165, 1.54) is 6.42 Å². The Morgan fingerprint density at radius 3 is 3.14 bits per heavy atom. The summed E-state index contributed by atoms with van der Waals surface area (Å²) >= 11 is 0. The van der Waals surface area contributed by atoms with Crippen LogP contribution in [0.2, 0.25) is 0 Å². The third-order valence-electron chi connectivity index (χ3n) is 3.32. The first kappa shape index (κ1) is 9.21. The van der Waals surface area contributed by atoms with Gasteiger partial charge in [0.15, 0.2) is 0 Å². The molecular formula is C9H15N5. The summed E-state index contributed by atoms with van der Waals surface area (Å²) in [7, 11) is 2.09. The quantitative estimate of drug-likeness (QED) is 0.379. The second-order valence-corrected chi connectivity index (χ2v) is 3.98. The van der Waals surface area contributed by atoms with Crippen LogP contribution in [0.15, 0.2) is 17.5 Å². The van der Waals surface area contributed by atoms with Crippen LogP contribution in [0.5, 0.6) is 0 Å². The van der Waals surface area contributed by atoms with Crippen LogP contribution >= 0.6 is 0 Å². The number of piperidine rings is 1. The lowest BCUT2D eigenvalue weighted by molar-refractivity contribution is 0.229. The molecule has 0 saturated carbocycles. The van der Waals surface area contributed by atoms with E-state index in [0.29, 0.717) is 18.6 Å². The van der Waals surface area contributed by atoms with Gasteiger partial charge in [-0.3, -0.25) is 0 Å². The first-order valence-corrected chi connectivity index (χ1v) is 4.93. The van der Waals surface area contributed by atoms with Crippen LogP contribution in [0.25, 0.3) is 10.4 Å². The van der Waals surface area contributed by atoms with Gasteiger partial charge in [-0.1, -0.05) is 11.7 Å². The molecule has 2 bridgehead atoms. The molecule has 2 saturated heterocycles. The highest BCUT2D eigenvalue weighted by Gasteiger charge is 2.38. The van der Waals surface area contributed by atoms with Gasteiger partial charge in [0.2, 0.25) is 0 Å². The molecule has 2 aliphatic rings. The monoisotopic (exact) mass is 193 g/mol. The summed E-state index contributed by atoms with van der Waals surface area (Å²) in [5.74, 6) is 1.07. The van der Waals surface area contributed by atoms with Crippen LogP contribution < -0.4 is 0 Å². The maximum absolute atomic E-state index is 8.29. The zero-order valence-electron chi connectivity index (χ0n) is 8.43. The van der Waals surface area contributed by atoms with Gasteiger partial charge in [-0.15, -0.1) is 0 Å². The molecular weight excluding hydrogens is 178 g/mol. The highest BCUT2D eigenvalue weighted by molar-refractivity contribution is 5.09. The summed E-state index contributed by atoms with van der Waals surface area (Å²) in [4.78, 5) is 7.31. The average molecular weight is 193 g/mol. The summed E-state index contributed by atoms with van der Waals surface area (Å²) in [6.07, 6.45) is 2.28. The van der Waals surface area contributed by atoms with Crippen LogP contribution in [-0.4, -0.2) is 42.0 Å². The smallest absolute Gasteiger partial charge is 0.0968 e. The largest absolute Gasteiger partial charge is 0.357 e. The Morgan fingerprint density at radius 2 is 2.43 bits per heavy atom. The van der Waals surface area contributed by atoms with Crippen LogP contribution in [0.1, 0.15) is 12.8 Å². The summed E-state index contributed by atoms with van der Waals surface area (Å²) < 4.78 is 0. The Kier molecular flexibility index (Phi) is 2.25. The SMILES string of the molecule is C=C1N(C)[C@@H]2CC[C@H](CN=[N+]=[N-])N1C2. The predicted octanol–water partition coefficient (Wildman–Crippen LogP) is 1.55. The fourth-order valence-electron chi connectivity index (χ4n) is 2.37. The molecule has 0 spiro atoms. The van der Waals surface area contributed by atoms with Crippen molar-refractivity contribution in [1.29, 1.82) is 0 Å². The molecule has 2 aliphatic heterocycles. The molecule has 0 amide bonds. The molecule has 2 atom stereocenters. The van der Waals surface area contributed by atoms with E-state index in [2.05, 4.69) is 33.5 Å². The van der Waals surface area contributed by atoms with E-state index in [1.54, 1.807) is 0 Å². The highest BCUT2D eigenvalue weighted by Crippen LogP contribution is 2.32. The van der Waals surface area contributed by atoms with Crippen molar-refractivity contribution in [2.24, 2.45) is 5.11 Å². The normalized spacial score (nSPS) is 30.5. The molecule has 0 radical (unpaired) electrons. The van der Waals surface area contributed by atoms with E-state index >= 15 is 0 Å². The van der Waals surface area contributed by atoms with Crippen LogP contribution in [0.3, 0.4) is 0 Å². The lowest BCUT2D eigenvalue weighted by Gasteiger charge is -2.31. The second-order valence-electron chi connectivity index (χ2n) is 3.98. The van der Waals surface area contributed by atoms with E-state index in [1.807, 2.05) is 0 Å². The van der Waals surface area contributed by atoms with E-state index in [9.17, 15) is 0 Å². The molecule has 0 unspecified atom stereocenters. The molecule has 2 heterocycles. The minimum absolute atomic E-state index is 0.361. The summed E-state index contributed by atoms with van der Waals surface area (Å²) in [6, 6.07) is 0.976. The fourth-order valence-corrected chi connectivity index (χ4v) is 2.37. The van der Waals surface area contributed by atoms with Crippen LogP contribution in [-0.2, 0) is 0 Å². The van der Waals surface area contributed by atoms with Gasteiger partial charge in [-0.05, 0) is 18.4 Å². The Labute approximate surface area is 83.6 Å². The fraction of sp³-hybridized carbons (Fsp3) is 0.778. The van der Waals surface area contributed by atoms with Crippen molar-refractivity contribution in [3.8, 4) is 0 Å². The lowest BCUT2D eigenvalue weighted by atomic mass is 10.0. The Balaban J connectivity index is 2.09. The molecule has 5 heteroatoms. The molecule has 5 nitrogen and oxygen atoms in total. The van der Waals surface area contributed by atoms with Gasteiger partial charge in [0.05, 0.1) is 5.82 Å². The van der Waals surface area contributed by atoms with Gasteiger partial charge < -0.3 is 9.80 Å². The molecule has 0 aliphatic carbocycles. The van der Waals surface area contributed by atoms with Crippen molar-refractivity contribution in [3.05, 3.63) is 22.8 Å². The van der Waals surface area contributed by atoms with Crippen molar-refractivity contribution >= 4 is 0 Å². The standard InChI is InChI=1S/C9H15N5/c1-7-13(2)9-4-3-8(5-11-12-10)14(7)6-9/h8-9H,1,3-6H2,2H3/t8-,9-/m1/s1. The topological polar surface area (TPSA) is 55.2 Å². The van der Waals surface area contributed by atoms with E-state index in [0.717, 1.165) is 18.8 Å². The average Bonchev–Trinajstić information content (AvgIpc) is 2.44. The molecule has 76 valence electrons. The summed E-state index contributed by atoms with van der Waals surface area (Å²) in [5, 5.41) is 3.65. The van der Waals surface area contributed by atoms with Crippen LogP contribution in [0, 0.1) is 0 Å². The number of azide groups is 1. The van der Waals surface area contributed by atoms with Crippen LogP contribution in [0.4, 0.5) is 0 Å². The van der Waals surface area contributed by atoms with Crippen molar-refractivity contribution in [3.63, 3.8) is 0 Å². The molecule has 0 aromatic carbocycles. The maximum Gasteiger partial charge on any atom is 0.0968 e. The van der Waals surface area contributed by atoms with Crippen molar-refractivity contribution in [1.82, 2.24) is 9.80 Å². The lowest BCUT2D eigenvalue weighted by Crippen LogP contribution is -2.39. The van der Waals surface area contributed by atoms with Gasteiger partial charge in [-0.2, -0.15) is 0 Å². The number of likely N-dealkylation sites (N-methyl/N-ethyl adjacent to an activating group) is 1. The summed E-state index contributed by atoms with van der Waals surface area (Å²) in [5.41, 5.74) is 8.29. The molecule has 0 N–H and O–H groups in total.